The molecule has 0 atom stereocenters. The first-order chi connectivity index (χ1) is 13.1. The number of hydrogen-bond acceptors (Lipinski definition) is 6. The van der Waals surface area contributed by atoms with Crippen molar-refractivity contribution >= 4 is 33.7 Å². The second-order valence-corrected chi connectivity index (χ2v) is 7.92. The number of anilines is 1. The highest BCUT2D eigenvalue weighted by Gasteiger charge is 2.13. The van der Waals surface area contributed by atoms with E-state index in [4.69, 9.17) is 4.42 Å². The molecule has 0 radical (unpaired) electrons. The highest BCUT2D eigenvalue weighted by Crippen LogP contribution is 2.28. The molecular weight excluding hydrogens is 378 g/mol. The highest BCUT2D eigenvalue weighted by atomic mass is 32.1. The van der Waals surface area contributed by atoms with Gasteiger partial charge < -0.3 is 9.73 Å². The van der Waals surface area contributed by atoms with Crippen LogP contribution in [0.4, 0.5) is 5.13 Å². The second-order valence-electron chi connectivity index (χ2n) is 6.20. The van der Waals surface area contributed by atoms with Gasteiger partial charge in [0, 0.05) is 16.3 Å². The minimum Gasteiger partial charge on any atom is -0.462 e. The number of thiazole rings is 2. The quantitative estimate of drug-likeness (QED) is 0.496. The molecule has 3 heterocycles. The first-order valence-electron chi connectivity index (χ1n) is 8.40. The zero-order valence-corrected chi connectivity index (χ0v) is 16.5. The molecule has 7 heteroatoms. The van der Waals surface area contributed by atoms with E-state index < -0.39 is 0 Å². The zero-order chi connectivity index (χ0) is 18.8. The standard InChI is InChI=1S/C20H17N3O2S2/c1-12-5-6-15(13(2)8-12)16-11-27-20(22-16)23-18(24)9-14-10-26-19(21-14)17-4-3-7-25-17/h3-8,10-11H,9H2,1-2H3,(H,22,23,24). The van der Waals surface area contributed by atoms with E-state index >= 15 is 0 Å². The first-order valence-corrected chi connectivity index (χ1v) is 10.2. The van der Waals surface area contributed by atoms with Gasteiger partial charge >= 0.3 is 0 Å². The largest absolute Gasteiger partial charge is 0.462 e. The van der Waals surface area contributed by atoms with Crippen LogP contribution in [0.1, 0.15) is 16.8 Å². The molecule has 0 aliphatic heterocycles. The molecule has 4 rings (SSSR count). The van der Waals surface area contributed by atoms with E-state index in [1.807, 2.05) is 22.9 Å². The minimum absolute atomic E-state index is 0.132. The van der Waals surface area contributed by atoms with Crippen molar-refractivity contribution < 1.29 is 9.21 Å². The number of benzene rings is 1. The maximum absolute atomic E-state index is 12.3. The lowest BCUT2D eigenvalue weighted by Crippen LogP contribution is -2.14. The third-order valence-electron chi connectivity index (χ3n) is 4.03. The Bertz CT molecular complexity index is 1080. The first kappa shape index (κ1) is 17.6. The van der Waals surface area contributed by atoms with Crippen LogP contribution in [-0.4, -0.2) is 15.9 Å². The Balaban J connectivity index is 1.42. The summed E-state index contributed by atoms with van der Waals surface area (Å²) in [6.07, 6.45) is 1.81. The van der Waals surface area contributed by atoms with Crippen LogP contribution in [0.25, 0.3) is 22.0 Å². The SMILES string of the molecule is Cc1ccc(-c2csc(NC(=O)Cc3csc(-c4ccco4)n3)n2)c(C)c1. The number of nitrogens with one attached hydrogen (secondary N) is 1. The average molecular weight is 396 g/mol. The van der Waals surface area contributed by atoms with Crippen LogP contribution in [-0.2, 0) is 11.2 Å². The third kappa shape index (κ3) is 3.99. The van der Waals surface area contributed by atoms with Gasteiger partial charge in [-0.3, -0.25) is 4.79 Å². The molecule has 4 aromatic rings. The van der Waals surface area contributed by atoms with E-state index in [-0.39, 0.29) is 12.3 Å². The number of carbonyl (C=O) groups is 1. The highest BCUT2D eigenvalue weighted by molar-refractivity contribution is 7.14. The molecule has 0 spiro atoms. The van der Waals surface area contributed by atoms with Crippen molar-refractivity contribution in [3.05, 3.63) is 64.2 Å². The van der Waals surface area contributed by atoms with Crippen molar-refractivity contribution in [3.63, 3.8) is 0 Å². The molecule has 0 saturated heterocycles. The fourth-order valence-electron chi connectivity index (χ4n) is 2.79. The van der Waals surface area contributed by atoms with Gasteiger partial charge in [-0.2, -0.15) is 0 Å². The Morgan fingerprint density at radius 2 is 2.04 bits per heavy atom. The van der Waals surface area contributed by atoms with Crippen LogP contribution >= 0.6 is 22.7 Å². The fraction of sp³-hybridized carbons (Fsp3) is 0.150. The molecule has 0 saturated carbocycles. The molecule has 1 aromatic carbocycles. The Labute approximate surface area is 164 Å². The van der Waals surface area contributed by atoms with Crippen molar-refractivity contribution in [2.24, 2.45) is 0 Å². The average Bonchev–Trinajstić information content (AvgIpc) is 3.35. The van der Waals surface area contributed by atoms with Gasteiger partial charge in [0.05, 0.1) is 24.1 Å². The van der Waals surface area contributed by atoms with Crippen molar-refractivity contribution in [1.29, 1.82) is 0 Å². The van der Waals surface area contributed by atoms with Crippen molar-refractivity contribution in [2.75, 3.05) is 5.32 Å². The Morgan fingerprint density at radius 1 is 1.15 bits per heavy atom. The summed E-state index contributed by atoms with van der Waals surface area (Å²) in [5.74, 6) is 0.581. The molecule has 136 valence electrons. The van der Waals surface area contributed by atoms with Gasteiger partial charge in [-0.15, -0.1) is 22.7 Å². The Hall–Kier alpha value is -2.77. The topological polar surface area (TPSA) is 68.0 Å². The van der Waals surface area contributed by atoms with Crippen molar-refractivity contribution in [2.45, 2.75) is 20.3 Å². The number of rotatable bonds is 5. The van der Waals surface area contributed by atoms with E-state index in [9.17, 15) is 4.79 Å². The Morgan fingerprint density at radius 3 is 2.81 bits per heavy atom. The summed E-state index contributed by atoms with van der Waals surface area (Å²) in [6.45, 7) is 4.14. The number of aryl methyl sites for hydroxylation is 2. The summed E-state index contributed by atoms with van der Waals surface area (Å²) in [5, 5.41) is 8.07. The number of furan rings is 1. The van der Waals surface area contributed by atoms with E-state index in [2.05, 4.69) is 47.3 Å². The molecule has 27 heavy (non-hydrogen) atoms. The van der Waals surface area contributed by atoms with Gasteiger partial charge in [-0.25, -0.2) is 9.97 Å². The van der Waals surface area contributed by atoms with Gasteiger partial charge in [-0.05, 0) is 31.5 Å². The van der Waals surface area contributed by atoms with Crippen LogP contribution in [0.3, 0.4) is 0 Å². The van der Waals surface area contributed by atoms with Gasteiger partial charge in [0.2, 0.25) is 5.91 Å². The van der Waals surface area contributed by atoms with Crippen LogP contribution in [0.15, 0.2) is 51.8 Å². The minimum atomic E-state index is -0.132. The summed E-state index contributed by atoms with van der Waals surface area (Å²) >= 11 is 2.89. The van der Waals surface area contributed by atoms with E-state index in [0.29, 0.717) is 10.9 Å². The fourth-order valence-corrected chi connectivity index (χ4v) is 4.30. The van der Waals surface area contributed by atoms with E-state index in [0.717, 1.165) is 22.0 Å². The number of nitrogens with zero attached hydrogens (tertiary/aromatic N) is 2. The summed E-state index contributed by atoms with van der Waals surface area (Å²) < 4.78 is 5.33. The summed E-state index contributed by atoms with van der Waals surface area (Å²) in [6, 6.07) is 9.94. The van der Waals surface area contributed by atoms with Crippen LogP contribution in [0, 0.1) is 13.8 Å². The summed E-state index contributed by atoms with van der Waals surface area (Å²) in [4.78, 5) is 21.3. The molecular formula is C20H17N3O2S2. The Kier molecular flexibility index (Phi) is 4.87. The summed E-state index contributed by atoms with van der Waals surface area (Å²) in [5.41, 5.74) is 5.07. The normalized spacial score (nSPS) is 10.9. The molecule has 0 aliphatic carbocycles. The molecule has 0 aliphatic rings. The van der Waals surface area contributed by atoms with Crippen LogP contribution < -0.4 is 5.32 Å². The predicted molar refractivity (Wildman–Crippen MR) is 109 cm³/mol. The molecule has 3 aromatic heterocycles. The van der Waals surface area contributed by atoms with Gasteiger partial charge in [0.25, 0.3) is 0 Å². The van der Waals surface area contributed by atoms with Gasteiger partial charge in [0.1, 0.15) is 0 Å². The van der Waals surface area contributed by atoms with Crippen molar-refractivity contribution in [1.82, 2.24) is 9.97 Å². The molecule has 5 nitrogen and oxygen atoms in total. The van der Waals surface area contributed by atoms with Gasteiger partial charge in [0.15, 0.2) is 15.9 Å². The summed E-state index contributed by atoms with van der Waals surface area (Å²) in [7, 11) is 0. The molecule has 0 unspecified atom stereocenters. The van der Waals surface area contributed by atoms with Crippen LogP contribution in [0.2, 0.25) is 0 Å². The van der Waals surface area contributed by atoms with Crippen molar-refractivity contribution in [3.8, 4) is 22.0 Å². The number of carbonyl (C=O) groups excluding carboxylic acids is 1. The second kappa shape index (κ2) is 7.46. The third-order valence-corrected chi connectivity index (χ3v) is 5.70. The number of hydrogen-bond donors (Lipinski definition) is 1. The lowest BCUT2D eigenvalue weighted by molar-refractivity contribution is -0.115. The van der Waals surface area contributed by atoms with Crippen LogP contribution in [0.5, 0.6) is 0 Å². The molecule has 1 amide bonds. The maximum atomic E-state index is 12.3. The van der Waals surface area contributed by atoms with E-state index in [1.165, 1.54) is 33.8 Å². The molecule has 0 bridgehead atoms. The van der Waals surface area contributed by atoms with E-state index in [1.54, 1.807) is 6.26 Å². The number of aromatic nitrogens is 2. The zero-order valence-electron chi connectivity index (χ0n) is 14.9. The monoisotopic (exact) mass is 395 g/mol. The van der Waals surface area contributed by atoms with Gasteiger partial charge in [-0.1, -0.05) is 23.8 Å². The number of amides is 1. The lowest BCUT2D eigenvalue weighted by Gasteiger charge is -2.03. The molecule has 0 fully saturated rings. The smallest absolute Gasteiger partial charge is 0.232 e. The lowest BCUT2D eigenvalue weighted by atomic mass is 10.0. The predicted octanol–water partition coefficient (Wildman–Crippen LogP) is 5.32. The maximum Gasteiger partial charge on any atom is 0.232 e. The molecule has 1 N–H and O–H groups in total.